The molecule has 152 valence electrons. The summed E-state index contributed by atoms with van der Waals surface area (Å²) >= 11 is 1.41. The van der Waals surface area contributed by atoms with Gasteiger partial charge in [0.15, 0.2) is 0 Å². The van der Waals surface area contributed by atoms with Gasteiger partial charge in [-0.05, 0) is 37.0 Å². The second kappa shape index (κ2) is 9.00. The standard InChI is InChI=1S/C21H23N3O4S/c1-13-6-7-15(9-14(13)2)16-11-29-20-19(16)21(27)24(12-23-20)10-17(25)22-8-4-5-18(26)28-3/h6-7,9,11-12H,4-5,8,10H2,1-3H3,(H,22,25). The molecule has 7 nitrogen and oxygen atoms in total. The predicted octanol–water partition coefficient (Wildman–Crippen LogP) is 2.81. The highest BCUT2D eigenvalue weighted by atomic mass is 32.1. The summed E-state index contributed by atoms with van der Waals surface area (Å²) in [5.41, 5.74) is 3.89. The first-order valence-corrected chi connectivity index (χ1v) is 10.2. The van der Waals surface area contributed by atoms with Gasteiger partial charge in [0.1, 0.15) is 11.4 Å². The lowest BCUT2D eigenvalue weighted by Gasteiger charge is -2.08. The van der Waals surface area contributed by atoms with E-state index in [1.807, 2.05) is 31.4 Å². The Morgan fingerprint density at radius 1 is 1.24 bits per heavy atom. The third-order valence-electron chi connectivity index (χ3n) is 4.80. The topological polar surface area (TPSA) is 90.3 Å². The highest BCUT2D eigenvalue weighted by molar-refractivity contribution is 7.17. The number of fused-ring (bicyclic) bond motifs is 1. The largest absolute Gasteiger partial charge is 0.469 e. The van der Waals surface area contributed by atoms with Crippen LogP contribution in [0.1, 0.15) is 24.0 Å². The number of nitrogens with one attached hydrogen (secondary N) is 1. The van der Waals surface area contributed by atoms with Crippen LogP contribution in [0.5, 0.6) is 0 Å². The summed E-state index contributed by atoms with van der Waals surface area (Å²) in [7, 11) is 1.33. The molecule has 0 fully saturated rings. The average Bonchev–Trinajstić information content (AvgIpc) is 3.14. The summed E-state index contributed by atoms with van der Waals surface area (Å²) in [5, 5.41) is 5.17. The number of carbonyl (C=O) groups excluding carboxylic acids is 2. The summed E-state index contributed by atoms with van der Waals surface area (Å²) in [6.07, 6.45) is 2.11. The number of esters is 1. The molecule has 0 aliphatic rings. The number of benzene rings is 1. The third kappa shape index (κ3) is 4.71. The Hall–Kier alpha value is -3.00. The molecule has 2 aromatic heterocycles. The van der Waals surface area contributed by atoms with Crippen molar-refractivity contribution in [3.8, 4) is 11.1 Å². The van der Waals surface area contributed by atoms with Gasteiger partial charge in [-0.25, -0.2) is 4.98 Å². The van der Waals surface area contributed by atoms with Gasteiger partial charge in [0.25, 0.3) is 5.56 Å². The highest BCUT2D eigenvalue weighted by Crippen LogP contribution is 2.31. The average molecular weight is 413 g/mol. The van der Waals surface area contributed by atoms with Crippen molar-refractivity contribution >= 4 is 33.4 Å². The van der Waals surface area contributed by atoms with Gasteiger partial charge in [0.2, 0.25) is 5.91 Å². The van der Waals surface area contributed by atoms with E-state index in [4.69, 9.17) is 0 Å². The molecule has 0 aliphatic carbocycles. The number of nitrogens with zero attached hydrogens (tertiary/aromatic N) is 2. The van der Waals surface area contributed by atoms with Crippen LogP contribution in [0.2, 0.25) is 0 Å². The van der Waals surface area contributed by atoms with Crippen LogP contribution in [0.3, 0.4) is 0 Å². The first-order valence-electron chi connectivity index (χ1n) is 9.28. The lowest BCUT2D eigenvalue weighted by Crippen LogP contribution is -2.33. The number of hydrogen-bond donors (Lipinski definition) is 1. The number of amides is 1. The van der Waals surface area contributed by atoms with E-state index in [1.54, 1.807) is 0 Å². The number of aromatic nitrogens is 2. The van der Waals surface area contributed by atoms with Crippen molar-refractivity contribution in [2.45, 2.75) is 33.2 Å². The second-order valence-electron chi connectivity index (χ2n) is 6.84. The molecule has 3 aromatic rings. The van der Waals surface area contributed by atoms with Crippen molar-refractivity contribution in [2.24, 2.45) is 0 Å². The lowest BCUT2D eigenvalue weighted by atomic mass is 10.0. The molecule has 2 heterocycles. The zero-order chi connectivity index (χ0) is 21.0. The minimum Gasteiger partial charge on any atom is -0.469 e. The Morgan fingerprint density at radius 3 is 2.76 bits per heavy atom. The smallest absolute Gasteiger partial charge is 0.305 e. The molecule has 0 unspecified atom stereocenters. The Bertz CT molecular complexity index is 1120. The van der Waals surface area contributed by atoms with Gasteiger partial charge in [0, 0.05) is 23.9 Å². The number of hydrogen-bond acceptors (Lipinski definition) is 6. The van der Waals surface area contributed by atoms with Crippen LogP contribution in [0.15, 0.2) is 34.7 Å². The summed E-state index contributed by atoms with van der Waals surface area (Å²) in [5.74, 6) is -0.623. The first-order chi connectivity index (χ1) is 13.9. The van der Waals surface area contributed by atoms with E-state index in [-0.39, 0.29) is 30.4 Å². The maximum Gasteiger partial charge on any atom is 0.305 e. The Labute approximate surface area is 172 Å². The lowest BCUT2D eigenvalue weighted by molar-refractivity contribution is -0.140. The number of methoxy groups -OCH3 is 1. The number of ether oxygens (including phenoxy) is 1. The molecular weight excluding hydrogens is 390 g/mol. The fraction of sp³-hybridized carbons (Fsp3) is 0.333. The van der Waals surface area contributed by atoms with Crippen LogP contribution in [-0.4, -0.2) is 35.1 Å². The molecule has 0 atom stereocenters. The summed E-state index contributed by atoms with van der Waals surface area (Å²) in [4.78, 5) is 41.3. The Balaban J connectivity index is 1.79. The van der Waals surface area contributed by atoms with E-state index >= 15 is 0 Å². The molecule has 0 saturated carbocycles. The normalized spacial score (nSPS) is 10.9. The molecule has 1 amide bonds. The Morgan fingerprint density at radius 2 is 2.03 bits per heavy atom. The van der Waals surface area contributed by atoms with E-state index < -0.39 is 0 Å². The van der Waals surface area contributed by atoms with Crippen LogP contribution in [0, 0.1) is 13.8 Å². The van der Waals surface area contributed by atoms with Gasteiger partial charge in [0.05, 0.1) is 18.8 Å². The van der Waals surface area contributed by atoms with Crippen LogP contribution < -0.4 is 10.9 Å². The van der Waals surface area contributed by atoms with E-state index in [0.29, 0.717) is 23.2 Å². The second-order valence-corrected chi connectivity index (χ2v) is 7.69. The number of rotatable bonds is 7. The molecule has 1 aromatic carbocycles. The number of carbonyl (C=O) groups is 2. The summed E-state index contributed by atoms with van der Waals surface area (Å²) < 4.78 is 5.87. The molecule has 0 saturated heterocycles. The third-order valence-corrected chi connectivity index (χ3v) is 5.69. The van der Waals surface area contributed by atoms with Gasteiger partial charge < -0.3 is 10.1 Å². The van der Waals surface area contributed by atoms with Gasteiger partial charge in [-0.2, -0.15) is 0 Å². The van der Waals surface area contributed by atoms with Gasteiger partial charge in [-0.1, -0.05) is 18.2 Å². The van der Waals surface area contributed by atoms with Crippen molar-refractivity contribution in [3.05, 3.63) is 51.4 Å². The molecule has 0 spiro atoms. The van der Waals surface area contributed by atoms with E-state index in [9.17, 15) is 14.4 Å². The van der Waals surface area contributed by atoms with Crippen molar-refractivity contribution in [3.63, 3.8) is 0 Å². The molecule has 0 bridgehead atoms. The zero-order valence-electron chi connectivity index (χ0n) is 16.7. The summed E-state index contributed by atoms with van der Waals surface area (Å²) in [6.45, 7) is 4.30. The van der Waals surface area contributed by atoms with Crippen LogP contribution in [0.4, 0.5) is 0 Å². The molecule has 1 N–H and O–H groups in total. The van der Waals surface area contributed by atoms with E-state index in [1.165, 1.54) is 34.9 Å². The fourth-order valence-electron chi connectivity index (χ4n) is 2.97. The number of aryl methyl sites for hydroxylation is 2. The van der Waals surface area contributed by atoms with Crippen LogP contribution >= 0.6 is 11.3 Å². The predicted molar refractivity (Wildman–Crippen MR) is 113 cm³/mol. The maximum absolute atomic E-state index is 13.0. The zero-order valence-corrected chi connectivity index (χ0v) is 17.5. The summed E-state index contributed by atoms with van der Waals surface area (Å²) in [6, 6.07) is 6.08. The van der Waals surface area contributed by atoms with E-state index in [2.05, 4.69) is 21.1 Å². The maximum atomic E-state index is 13.0. The monoisotopic (exact) mass is 413 g/mol. The molecule has 0 aliphatic heterocycles. The van der Waals surface area contributed by atoms with E-state index in [0.717, 1.165) is 16.7 Å². The van der Waals surface area contributed by atoms with Gasteiger partial charge in [-0.15, -0.1) is 11.3 Å². The Kier molecular flexibility index (Phi) is 6.43. The molecule has 8 heteroatoms. The van der Waals surface area contributed by atoms with Crippen molar-refractivity contribution in [1.82, 2.24) is 14.9 Å². The van der Waals surface area contributed by atoms with Crippen molar-refractivity contribution in [2.75, 3.05) is 13.7 Å². The first kappa shape index (κ1) is 20.7. The molecule has 0 radical (unpaired) electrons. The molecule has 29 heavy (non-hydrogen) atoms. The fourth-order valence-corrected chi connectivity index (χ4v) is 3.88. The quantitative estimate of drug-likeness (QED) is 0.475. The highest BCUT2D eigenvalue weighted by Gasteiger charge is 2.15. The van der Waals surface area contributed by atoms with Crippen LogP contribution in [0.25, 0.3) is 21.3 Å². The number of thiophene rings is 1. The minimum atomic E-state index is -0.318. The molecular formula is C21H23N3O4S. The van der Waals surface area contributed by atoms with Crippen LogP contribution in [-0.2, 0) is 20.9 Å². The van der Waals surface area contributed by atoms with Gasteiger partial charge in [-0.3, -0.25) is 19.0 Å². The van der Waals surface area contributed by atoms with Crippen molar-refractivity contribution in [1.29, 1.82) is 0 Å². The van der Waals surface area contributed by atoms with Gasteiger partial charge >= 0.3 is 5.97 Å². The minimum absolute atomic E-state index is 0.123. The molecule has 3 rings (SSSR count). The van der Waals surface area contributed by atoms with Crippen molar-refractivity contribution < 1.29 is 14.3 Å². The SMILES string of the molecule is COC(=O)CCCNC(=O)Cn1cnc2scc(-c3ccc(C)c(C)c3)c2c1=O.